The summed E-state index contributed by atoms with van der Waals surface area (Å²) in [5.74, 6) is -0.530. The van der Waals surface area contributed by atoms with E-state index in [1.807, 2.05) is 6.92 Å². The Morgan fingerprint density at radius 3 is 2.81 bits per heavy atom. The van der Waals surface area contributed by atoms with Crippen LogP contribution in [0.25, 0.3) is 0 Å². The summed E-state index contributed by atoms with van der Waals surface area (Å²) in [4.78, 5) is 30.5. The highest BCUT2D eigenvalue weighted by molar-refractivity contribution is 7.99. The number of nitrogen functional groups attached to an aromatic ring is 1. The number of carbonyl (C=O) groups is 1. The molecule has 0 saturated carbocycles. The maximum absolute atomic E-state index is 11.6. The zero-order valence-electron chi connectivity index (χ0n) is 11.6. The molecular weight excluding hydrogens is 288 g/mol. The van der Waals surface area contributed by atoms with Gasteiger partial charge in [-0.25, -0.2) is 4.98 Å². The molecule has 1 heterocycles. The van der Waals surface area contributed by atoms with Gasteiger partial charge in [-0.05, 0) is 36.4 Å². The number of hydrogen-bond donors (Lipinski definition) is 3. The maximum Gasteiger partial charge on any atom is 0.251 e. The second-order valence-electron chi connectivity index (χ2n) is 4.51. The van der Waals surface area contributed by atoms with Crippen LogP contribution < -0.4 is 17.0 Å². The van der Waals surface area contributed by atoms with Crippen molar-refractivity contribution in [2.24, 2.45) is 5.73 Å². The van der Waals surface area contributed by atoms with Gasteiger partial charge in [0.25, 0.3) is 5.56 Å². The number of amides is 1. The van der Waals surface area contributed by atoms with Gasteiger partial charge in [0, 0.05) is 27.9 Å². The first-order chi connectivity index (χ1) is 9.99. The molecule has 1 aromatic carbocycles. The molecule has 0 spiro atoms. The Balaban J connectivity index is 2.35. The van der Waals surface area contributed by atoms with Crippen molar-refractivity contribution in [3.63, 3.8) is 0 Å². The molecule has 0 aliphatic carbocycles. The lowest BCUT2D eigenvalue weighted by molar-refractivity contribution is 0.1000. The van der Waals surface area contributed by atoms with E-state index in [0.717, 1.165) is 18.5 Å². The van der Waals surface area contributed by atoms with E-state index in [2.05, 4.69) is 9.97 Å². The van der Waals surface area contributed by atoms with Crippen LogP contribution in [0.2, 0.25) is 0 Å². The standard InChI is InChI=1S/C14H16N4O2S/c1-2-3-9-7-12(19)18-14(17-9)21-11-6-8(13(16)20)4-5-10(11)15/h4-7H,2-3,15H2,1H3,(H2,16,20)(H,17,18,19). The average Bonchev–Trinajstić information content (AvgIpc) is 2.40. The van der Waals surface area contributed by atoms with Crippen molar-refractivity contribution in [1.82, 2.24) is 9.97 Å². The van der Waals surface area contributed by atoms with Crippen molar-refractivity contribution in [3.8, 4) is 0 Å². The zero-order valence-corrected chi connectivity index (χ0v) is 12.4. The molecule has 0 fully saturated rings. The Kier molecular flexibility index (Phi) is 4.64. The lowest BCUT2D eigenvalue weighted by Crippen LogP contribution is -2.12. The number of aromatic amines is 1. The molecule has 1 aromatic heterocycles. The summed E-state index contributed by atoms with van der Waals surface area (Å²) >= 11 is 1.20. The molecule has 7 heteroatoms. The summed E-state index contributed by atoms with van der Waals surface area (Å²) in [7, 11) is 0. The van der Waals surface area contributed by atoms with E-state index in [0.29, 0.717) is 21.3 Å². The van der Waals surface area contributed by atoms with Gasteiger partial charge in [-0.3, -0.25) is 9.59 Å². The molecule has 21 heavy (non-hydrogen) atoms. The molecule has 0 bridgehead atoms. The van der Waals surface area contributed by atoms with Crippen LogP contribution in [0.4, 0.5) is 5.69 Å². The maximum atomic E-state index is 11.6. The monoisotopic (exact) mass is 304 g/mol. The largest absolute Gasteiger partial charge is 0.398 e. The highest BCUT2D eigenvalue weighted by Gasteiger charge is 2.09. The number of nitrogens with one attached hydrogen (secondary N) is 1. The Morgan fingerprint density at radius 2 is 2.14 bits per heavy atom. The molecule has 2 aromatic rings. The first kappa shape index (κ1) is 15.1. The summed E-state index contributed by atoms with van der Waals surface area (Å²) in [6, 6.07) is 6.24. The first-order valence-electron chi connectivity index (χ1n) is 6.47. The van der Waals surface area contributed by atoms with Crippen LogP contribution in [0.1, 0.15) is 29.4 Å². The number of nitrogens with zero attached hydrogens (tertiary/aromatic N) is 1. The van der Waals surface area contributed by atoms with Crippen molar-refractivity contribution >= 4 is 23.4 Å². The first-order valence-corrected chi connectivity index (χ1v) is 7.28. The van der Waals surface area contributed by atoms with Crippen LogP contribution >= 0.6 is 11.8 Å². The molecule has 0 aliphatic heterocycles. The topological polar surface area (TPSA) is 115 Å². The summed E-state index contributed by atoms with van der Waals surface area (Å²) in [6.07, 6.45) is 1.63. The van der Waals surface area contributed by atoms with Gasteiger partial charge in [0.1, 0.15) is 0 Å². The third-order valence-electron chi connectivity index (χ3n) is 2.78. The van der Waals surface area contributed by atoms with Gasteiger partial charge in [0.15, 0.2) is 5.16 Å². The Hall–Kier alpha value is -2.28. The van der Waals surface area contributed by atoms with E-state index in [-0.39, 0.29) is 5.56 Å². The number of rotatable bonds is 5. The predicted molar refractivity (Wildman–Crippen MR) is 82.3 cm³/mol. The summed E-state index contributed by atoms with van der Waals surface area (Å²) < 4.78 is 0. The van der Waals surface area contributed by atoms with E-state index in [1.165, 1.54) is 17.8 Å². The third-order valence-corrected chi connectivity index (χ3v) is 3.74. The normalized spacial score (nSPS) is 10.5. The zero-order chi connectivity index (χ0) is 15.4. The van der Waals surface area contributed by atoms with Crippen LogP contribution in [0.3, 0.4) is 0 Å². The smallest absolute Gasteiger partial charge is 0.251 e. The minimum absolute atomic E-state index is 0.208. The van der Waals surface area contributed by atoms with Gasteiger partial charge in [-0.1, -0.05) is 13.3 Å². The quantitative estimate of drug-likeness (QED) is 0.572. The van der Waals surface area contributed by atoms with Crippen molar-refractivity contribution in [3.05, 3.63) is 45.9 Å². The molecule has 0 aliphatic rings. The lowest BCUT2D eigenvalue weighted by atomic mass is 10.2. The van der Waals surface area contributed by atoms with Gasteiger partial charge < -0.3 is 16.5 Å². The van der Waals surface area contributed by atoms with Crippen molar-refractivity contribution < 1.29 is 4.79 Å². The van der Waals surface area contributed by atoms with E-state index < -0.39 is 5.91 Å². The molecule has 6 nitrogen and oxygen atoms in total. The number of anilines is 1. The second kappa shape index (κ2) is 6.45. The number of hydrogen-bond acceptors (Lipinski definition) is 5. The summed E-state index contributed by atoms with van der Waals surface area (Å²) in [6.45, 7) is 2.02. The third kappa shape index (κ3) is 3.85. The summed E-state index contributed by atoms with van der Waals surface area (Å²) in [5, 5.41) is 0.444. The Labute approximate surface area is 126 Å². The number of carbonyl (C=O) groups excluding carboxylic acids is 1. The highest BCUT2D eigenvalue weighted by Crippen LogP contribution is 2.30. The number of nitrogens with two attached hydrogens (primary N) is 2. The van der Waals surface area contributed by atoms with Crippen molar-refractivity contribution in [1.29, 1.82) is 0 Å². The van der Waals surface area contributed by atoms with Crippen molar-refractivity contribution in [2.45, 2.75) is 29.8 Å². The SMILES string of the molecule is CCCc1cc(=O)[nH]c(Sc2cc(C(N)=O)ccc2N)n1. The van der Waals surface area contributed by atoms with Gasteiger partial charge in [-0.2, -0.15) is 0 Å². The number of aromatic nitrogens is 2. The number of primary amides is 1. The fraction of sp³-hybridized carbons (Fsp3) is 0.214. The molecule has 1 amide bonds. The average molecular weight is 304 g/mol. The molecule has 0 radical (unpaired) electrons. The molecule has 2 rings (SSSR count). The molecule has 110 valence electrons. The van der Waals surface area contributed by atoms with Crippen molar-refractivity contribution in [2.75, 3.05) is 5.73 Å². The number of aryl methyl sites for hydroxylation is 1. The van der Waals surface area contributed by atoms with Crippen LogP contribution in [0.15, 0.2) is 39.1 Å². The van der Waals surface area contributed by atoms with Crippen LogP contribution in [-0.2, 0) is 6.42 Å². The van der Waals surface area contributed by atoms with E-state index in [9.17, 15) is 9.59 Å². The fourth-order valence-electron chi connectivity index (χ4n) is 1.80. The van der Waals surface area contributed by atoms with E-state index in [4.69, 9.17) is 11.5 Å². The van der Waals surface area contributed by atoms with E-state index >= 15 is 0 Å². The fourth-order valence-corrected chi connectivity index (χ4v) is 2.69. The highest BCUT2D eigenvalue weighted by atomic mass is 32.2. The van der Waals surface area contributed by atoms with E-state index in [1.54, 1.807) is 18.2 Å². The van der Waals surface area contributed by atoms with Gasteiger partial charge >= 0.3 is 0 Å². The number of H-pyrrole nitrogens is 1. The van der Waals surface area contributed by atoms with Gasteiger partial charge in [-0.15, -0.1) is 0 Å². The van der Waals surface area contributed by atoms with Crippen LogP contribution in [-0.4, -0.2) is 15.9 Å². The second-order valence-corrected chi connectivity index (χ2v) is 5.54. The molecule has 5 N–H and O–H groups in total. The van der Waals surface area contributed by atoms with Crippen LogP contribution in [0.5, 0.6) is 0 Å². The number of benzene rings is 1. The molecule has 0 atom stereocenters. The molecule has 0 unspecified atom stereocenters. The Bertz CT molecular complexity index is 727. The Morgan fingerprint density at radius 1 is 1.38 bits per heavy atom. The van der Waals surface area contributed by atoms with Gasteiger partial charge in [0.2, 0.25) is 5.91 Å². The minimum Gasteiger partial charge on any atom is -0.398 e. The predicted octanol–water partition coefficient (Wildman–Crippen LogP) is 1.55. The molecule has 0 saturated heterocycles. The minimum atomic E-state index is -0.530. The van der Waals surface area contributed by atoms with Crippen LogP contribution in [0, 0.1) is 0 Å². The molecular formula is C14H16N4O2S. The van der Waals surface area contributed by atoms with Gasteiger partial charge in [0.05, 0.1) is 0 Å². The lowest BCUT2D eigenvalue weighted by Gasteiger charge is -2.07. The summed E-state index contributed by atoms with van der Waals surface area (Å²) in [5.41, 5.74) is 12.5.